The van der Waals surface area contributed by atoms with Crippen LogP contribution in [0.1, 0.15) is 45.4 Å². The van der Waals surface area contributed by atoms with E-state index < -0.39 is 71.5 Å². The number of carbonyl (C=O) groups is 1. The average Bonchev–Trinajstić information content (AvgIpc) is 3.59. The zero-order chi connectivity index (χ0) is 35.3. The van der Waals surface area contributed by atoms with Gasteiger partial charge in [0.05, 0.1) is 18.9 Å². The number of aliphatic hydroxyl groups is 2. The number of aromatic nitrogens is 3. The van der Waals surface area contributed by atoms with Crippen molar-refractivity contribution in [2.24, 2.45) is 5.92 Å². The van der Waals surface area contributed by atoms with Crippen LogP contribution in [0.15, 0.2) is 48.8 Å². The van der Waals surface area contributed by atoms with Gasteiger partial charge in [0.1, 0.15) is 61.0 Å². The van der Waals surface area contributed by atoms with Gasteiger partial charge in [0.2, 0.25) is 0 Å². The third kappa shape index (κ3) is 8.76. The summed E-state index contributed by atoms with van der Waals surface area (Å²) in [7, 11) is -9.36. The van der Waals surface area contributed by atoms with Crippen LogP contribution in [0.3, 0.4) is 0 Å². The molecule has 0 aliphatic carbocycles. The maximum Gasteiger partial charge on any atom is 0.471 e. The Morgan fingerprint density at radius 2 is 1.83 bits per heavy atom. The van der Waals surface area contributed by atoms with Crippen LogP contribution in [0.25, 0.3) is 5.52 Å². The minimum Gasteiger partial charge on any atom is -0.464 e. The molecule has 0 amide bonds. The van der Waals surface area contributed by atoms with Crippen molar-refractivity contribution in [2.75, 3.05) is 19.9 Å². The van der Waals surface area contributed by atoms with E-state index in [1.54, 1.807) is 18.2 Å². The topological polar surface area (TPSA) is 236 Å². The molecule has 20 heteroatoms. The van der Waals surface area contributed by atoms with Crippen molar-refractivity contribution in [3.8, 4) is 5.75 Å². The number of para-hydroxylation sites is 1. The summed E-state index contributed by atoms with van der Waals surface area (Å²) in [5, 5.41) is 37.0. The zero-order valence-electron chi connectivity index (χ0n) is 26.4. The summed E-state index contributed by atoms with van der Waals surface area (Å²) in [6.45, 7) is 2.45. The predicted molar refractivity (Wildman–Crippen MR) is 165 cm³/mol. The highest BCUT2D eigenvalue weighted by molar-refractivity contribution is 7.52. The number of carbonyl (C=O) groups excluding carboxylic acids is 1. The van der Waals surface area contributed by atoms with Crippen LogP contribution in [0.4, 0.5) is 4.39 Å². The Bertz CT molecular complexity index is 1700. The number of aliphatic hydroxyl groups excluding tert-OH is 2. The molecule has 3 aromatic rings. The number of halogens is 1. The van der Waals surface area contributed by atoms with Crippen LogP contribution in [0.5, 0.6) is 5.75 Å². The molecule has 0 radical (unpaired) electrons. The monoisotopic (exact) mass is 719 g/mol. The molecule has 1 aliphatic rings. The largest absolute Gasteiger partial charge is 0.471 e. The van der Waals surface area contributed by atoms with Gasteiger partial charge in [-0.05, 0) is 37.1 Å². The van der Waals surface area contributed by atoms with Gasteiger partial charge in [0.15, 0.2) is 5.49 Å². The van der Waals surface area contributed by atoms with Crippen molar-refractivity contribution in [3.05, 3.63) is 60.0 Å². The van der Waals surface area contributed by atoms with Gasteiger partial charge in [-0.15, -0.1) is 0 Å². The van der Waals surface area contributed by atoms with E-state index in [4.69, 9.17) is 33.7 Å². The summed E-state index contributed by atoms with van der Waals surface area (Å²) in [5.74, 6) is -0.504. The fourth-order valence-electron chi connectivity index (χ4n) is 4.94. The third-order valence-electron chi connectivity index (χ3n) is 7.91. The number of ether oxygens (including phenoxy) is 2. The lowest BCUT2D eigenvalue weighted by molar-refractivity contribution is -0.146. The fourth-order valence-corrected chi connectivity index (χ4v) is 6.76. The molecule has 0 saturated carbocycles. The number of fused-ring (bicyclic) bond motifs is 1. The molecule has 3 heterocycles. The van der Waals surface area contributed by atoms with Crippen LogP contribution >= 0.6 is 15.6 Å². The van der Waals surface area contributed by atoms with Gasteiger partial charge in [-0.1, -0.05) is 44.9 Å². The SMILES string of the molecule is CCC(CC)COC(=O)[C@H](C)N[P@](=O)(OC[C@@]1(CF)O[C@@H](c2ccc3c(=N)n(COP(=O)(O)O)cnn23)[C@H](O)[C@@H]1O)Oc1ccccc1. The molecule has 0 spiro atoms. The Morgan fingerprint density at radius 3 is 2.46 bits per heavy atom. The first kappa shape index (κ1) is 37.8. The smallest absolute Gasteiger partial charge is 0.464 e. The summed E-state index contributed by atoms with van der Waals surface area (Å²) in [6.07, 6.45) is -2.50. The Morgan fingerprint density at radius 1 is 1.15 bits per heavy atom. The molecular weight excluding hydrogens is 679 g/mol. The van der Waals surface area contributed by atoms with Crippen molar-refractivity contribution in [1.82, 2.24) is 19.3 Å². The van der Waals surface area contributed by atoms with Gasteiger partial charge in [-0.25, -0.2) is 18.0 Å². The Kier molecular flexibility index (Phi) is 12.3. The maximum atomic E-state index is 14.8. The highest BCUT2D eigenvalue weighted by atomic mass is 31.2. The molecule has 17 nitrogen and oxygen atoms in total. The molecule has 1 aliphatic heterocycles. The first-order chi connectivity index (χ1) is 22.7. The highest BCUT2D eigenvalue weighted by Gasteiger charge is 2.57. The number of phosphoric acid groups is 1. The average molecular weight is 720 g/mol. The maximum absolute atomic E-state index is 14.8. The van der Waals surface area contributed by atoms with Crippen molar-refractivity contribution >= 4 is 27.1 Å². The summed E-state index contributed by atoms with van der Waals surface area (Å²) < 4.78 is 69.0. The van der Waals surface area contributed by atoms with E-state index in [0.29, 0.717) is 0 Å². The van der Waals surface area contributed by atoms with Crippen LogP contribution in [-0.2, 0) is 39.2 Å². The number of alkyl halides is 1. The van der Waals surface area contributed by atoms with Crippen molar-refractivity contribution in [1.29, 1.82) is 5.41 Å². The van der Waals surface area contributed by atoms with Crippen molar-refractivity contribution < 1.29 is 61.4 Å². The van der Waals surface area contributed by atoms with Crippen molar-refractivity contribution in [3.63, 3.8) is 0 Å². The second-order valence-corrected chi connectivity index (χ2v) is 14.2. The number of hydrogen-bond donors (Lipinski definition) is 6. The van der Waals surface area contributed by atoms with E-state index in [0.717, 1.165) is 28.3 Å². The quantitative estimate of drug-likeness (QED) is 0.0868. The lowest BCUT2D eigenvalue weighted by Gasteiger charge is -2.31. The molecule has 2 aromatic heterocycles. The van der Waals surface area contributed by atoms with Gasteiger partial charge in [-0.3, -0.25) is 23.8 Å². The molecule has 6 N–H and O–H groups in total. The van der Waals surface area contributed by atoms with Gasteiger partial charge in [0, 0.05) is 0 Å². The Labute approximate surface area is 274 Å². The Hall–Kier alpha value is -3.02. The molecule has 48 heavy (non-hydrogen) atoms. The van der Waals surface area contributed by atoms with E-state index in [9.17, 15) is 28.5 Å². The molecule has 0 bridgehead atoms. The third-order valence-corrected chi connectivity index (χ3v) is 9.98. The second kappa shape index (κ2) is 15.7. The van der Waals surface area contributed by atoms with E-state index >= 15 is 0 Å². The van der Waals surface area contributed by atoms with Crippen molar-refractivity contribution in [2.45, 2.75) is 70.3 Å². The zero-order valence-corrected chi connectivity index (χ0v) is 28.2. The first-order valence-electron chi connectivity index (χ1n) is 15.0. The lowest BCUT2D eigenvalue weighted by atomic mass is 9.96. The molecule has 1 saturated heterocycles. The number of esters is 1. The number of nitrogens with one attached hydrogen (secondary N) is 2. The van der Waals surface area contributed by atoms with Crippen LogP contribution in [-0.4, -0.2) is 83.9 Å². The van der Waals surface area contributed by atoms with Gasteiger partial charge in [0.25, 0.3) is 0 Å². The highest BCUT2D eigenvalue weighted by Crippen LogP contribution is 2.48. The molecule has 1 aromatic carbocycles. The Balaban J connectivity index is 1.56. The van der Waals surface area contributed by atoms with Gasteiger partial charge < -0.3 is 34.0 Å². The van der Waals surface area contributed by atoms with Crippen LogP contribution < -0.4 is 15.1 Å². The minimum absolute atomic E-state index is 0.0825. The molecule has 6 atom stereocenters. The predicted octanol–water partition coefficient (Wildman–Crippen LogP) is 2.34. The fraction of sp³-hybridized carbons (Fsp3) is 0.536. The van der Waals surface area contributed by atoms with E-state index in [1.807, 2.05) is 13.8 Å². The number of nitrogens with zero attached hydrogens (tertiary/aromatic N) is 3. The number of phosphoric ester groups is 1. The standard InChI is InChI=1S/C28H40FN5O12P2/c1-4-19(5-2)13-42-27(37)18(3)32-47(38,46-20-9-7-6-8-10-20)43-15-28(14-29)25(36)23(35)24(45-28)21-11-12-22-26(30)33(16-31-34(21)22)17-44-48(39,40)41/h6-12,16,18-19,23-25,30,35-36H,4-5,13-15,17H2,1-3H3,(H,32,38)(H2,39,40,41)/t18-,23-,24-,25-,28+,47-/m0/s1. The summed E-state index contributed by atoms with van der Waals surface area (Å²) >= 11 is 0. The molecule has 266 valence electrons. The van der Waals surface area contributed by atoms with E-state index in [2.05, 4.69) is 14.7 Å². The molecular formula is C28H40FN5O12P2. The van der Waals surface area contributed by atoms with Crippen LogP contribution in [0.2, 0.25) is 0 Å². The summed E-state index contributed by atoms with van der Waals surface area (Å²) in [4.78, 5) is 30.7. The molecule has 4 rings (SSSR count). The summed E-state index contributed by atoms with van der Waals surface area (Å²) in [5.41, 5.74) is -2.38. The normalized spacial score (nSPS) is 23.3. The number of hydrogen-bond acceptors (Lipinski definition) is 12. The van der Waals surface area contributed by atoms with Gasteiger partial charge in [-0.2, -0.15) is 10.2 Å². The van der Waals surface area contributed by atoms with Crippen LogP contribution in [0, 0.1) is 11.3 Å². The second-order valence-electron chi connectivity index (χ2n) is 11.3. The number of benzene rings is 1. The molecule has 0 unspecified atom stereocenters. The van der Waals surface area contributed by atoms with E-state index in [-0.39, 0.29) is 35.0 Å². The minimum atomic E-state index is -4.84. The van der Waals surface area contributed by atoms with E-state index in [1.165, 1.54) is 31.2 Å². The molecule has 1 fully saturated rings. The number of rotatable bonds is 17. The lowest BCUT2D eigenvalue weighted by Crippen LogP contribution is -2.49. The van der Waals surface area contributed by atoms with Gasteiger partial charge >= 0.3 is 21.5 Å². The summed E-state index contributed by atoms with van der Waals surface area (Å²) in [6, 6.07) is 9.43. The first-order valence-corrected chi connectivity index (χ1v) is 18.1.